The standard InChI is InChI=1S/C28H25F3N4O4S.C18H17NO2S.C18H15NO2S.C14H9BrOS/c1-16(28(29,30)31)33-15-35(34-13-11-21(36)26(38)25(34)27(33)39)24-17-7-4-8-20(32-12-5-10-23(32)37)19(17)14-40-22-9-3-2-6-18(22)24;2*20-17-9-4-10-19(17)15-7-3-6-12-14(15)11-22-16-8-2-1-5-13(16)18(12)21;15-12-6-3-5-9-11(12)8-17-13-7-2-1-4-10(13)14(9)16/h2-4,6-9,11,13,16,24,38H,5,10,12,14-15H2,1H3;1-3,5-8,18,21H,4,9-11H2;1-3,5-8H,4,9-11H2;1-7H,8H2/t16-,24+;;;/m1.../s1. The number of benzene rings is 8. The molecule has 8 aliphatic rings. The van der Waals surface area contributed by atoms with Crippen molar-refractivity contribution < 1.29 is 52.2 Å². The Kier molecular flexibility index (Phi) is 20.1. The van der Waals surface area contributed by atoms with E-state index in [0.717, 1.165) is 170 Å². The summed E-state index contributed by atoms with van der Waals surface area (Å²) in [7, 11) is 0. The number of aliphatic hydroxyl groups excluding tert-OH is 1. The van der Waals surface area contributed by atoms with Gasteiger partial charge < -0.3 is 29.8 Å². The SMILES string of the molecule is C[C@@H](N1CN([C@@H]2c3ccccc3SCc3c2cccc3N2CCCC2=O)n2ccc(=O)c(O)c2C1=O)C(F)(F)F.O=C1CCCN1c1cccc2c1CSc1ccccc1C2O.O=C1c2ccccc2SCc2c(Br)cccc21.O=C1c2ccccc2SCc2c1cccc2N1CCCC1=O. The summed E-state index contributed by atoms with van der Waals surface area (Å²) in [6.45, 7) is 2.52. The summed E-state index contributed by atoms with van der Waals surface area (Å²) >= 11 is 10.2. The zero-order chi connectivity index (χ0) is 70.4. The molecule has 3 fully saturated rings. The largest absolute Gasteiger partial charge is 0.502 e. The van der Waals surface area contributed by atoms with Gasteiger partial charge >= 0.3 is 6.18 Å². The van der Waals surface area contributed by atoms with Crippen molar-refractivity contribution in [1.82, 2.24) is 9.58 Å². The van der Waals surface area contributed by atoms with Crippen LogP contribution in [0.4, 0.5) is 30.2 Å². The van der Waals surface area contributed by atoms with E-state index in [2.05, 4.69) is 22.0 Å². The minimum atomic E-state index is -4.74. The Hall–Kier alpha value is -8.84. The molecule has 101 heavy (non-hydrogen) atoms. The number of carbonyl (C=O) groups is 6. The number of rotatable bonds is 5. The van der Waals surface area contributed by atoms with E-state index in [1.54, 1.807) is 57.0 Å². The Morgan fingerprint density at radius 1 is 0.475 bits per heavy atom. The van der Waals surface area contributed by atoms with E-state index in [9.17, 15) is 56.9 Å². The molecule has 23 heteroatoms. The van der Waals surface area contributed by atoms with Crippen LogP contribution in [0.5, 0.6) is 5.75 Å². The van der Waals surface area contributed by atoms with Crippen molar-refractivity contribution in [3.05, 3.63) is 269 Å². The number of aliphatic hydroxyl groups is 1. The number of pyridine rings is 1. The van der Waals surface area contributed by atoms with E-state index in [1.807, 2.05) is 174 Å². The molecule has 1 unspecified atom stereocenters. The normalized spacial score (nSPS) is 18.3. The summed E-state index contributed by atoms with van der Waals surface area (Å²) in [5.74, 6) is 1.39. The number of nitrogens with zero attached hydrogens (tertiary/aromatic N) is 6. The lowest BCUT2D eigenvalue weighted by molar-refractivity contribution is -0.173. The van der Waals surface area contributed by atoms with Gasteiger partial charge in [-0.2, -0.15) is 13.2 Å². The first-order valence-electron chi connectivity index (χ1n) is 33.1. The summed E-state index contributed by atoms with van der Waals surface area (Å²) in [5, 5.41) is 23.0. The molecule has 15 nitrogen and oxygen atoms in total. The van der Waals surface area contributed by atoms with Gasteiger partial charge in [-0.3, -0.25) is 43.2 Å². The first-order chi connectivity index (χ1) is 48.9. The number of aromatic nitrogens is 1. The van der Waals surface area contributed by atoms with Crippen molar-refractivity contribution in [1.29, 1.82) is 0 Å². The summed E-state index contributed by atoms with van der Waals surface area (Å²) in [4.78, 5) is 98.1. The molecule has 9 aromatic rings. The fraction of sp³-hybridized carbons (Fsp3) is 0.244. The van der Waals surface area contributed by atoms with Crippen LogP contribution in [0.25, 0.3) is 0 Å². The molecule has 8 aliphatic heterocycles. The molecular formula is C78H66BrF3N6O9S4. The number of halogens is 4. The molecule has 0 spiro atoms. The molecule has 9 heterocycles. The van der Waals surface area contributed by atoms with Gasteiger partial charge in [0.1, 0.15) is 18.8 Å². The van der Waals surface area contributed by atoms with Crippen LogP contribution in [-0.2, 0) is 37.4 Å². The predicted octanol–water partition coefficient (Wildman–Crippen LogP) is 15.8. The highest BCUT2D eigenvalue weighted by molar-refractivity contribution is 9.10. The summed E-state index contributed by atoms with van der Waals surface area (Å²) in [6.07, 6.45) is 0.147. The first-order valence-corrected chi connectivity index (χ1v) is 37.9. The van der Waals surface area contributed by atoms with Crippen molar-refractivity contribution in [2.24, 2.45) is 0 Å². The minimum Gasteiger partial charge on any atom is -0.502 e. The number of thioether (sulfide) groups is 4. The number of ketones is 2. The monoisotopic (exact) mass is 1490 g/mol. The average molecular weight is 1500 g/mol. The second kappa shape index (κ2) is 29.3. The van der Waals surface area contributed by atoms with Gasteiger partial charge in [0.25, 0.3) is 5.91 Å². The van der Waals surface area contributed by atoms with Crippen LogP contribution in [0.3, 0.4) is 0 Å². The van der Waals surface area contributed by atoms with Gasteiger partial charge in [0.15, 0.2) is 23.0 Å². The Balaban J connectivity index is 0.000000121. The molecule has 2 N–H and O–H groups in total. The molecule has 4 amide bonds. The maximum absolute atomic E-state index is 14.0. The molecule has 17 rings (SSSR count). The molecule has 8 aromatic carbocycles. The number of alkyl halides is 3. The lowest BCUT2D eigenvalue weighted by atomic mass is 9.93. The third-order valence-corrected chi connectivity index (χ3v) is 24.5. The highest BCUT2D eigenvalue weighted by atomic mass is 79.9. The third kappa shape index (κ3) is 13.4. The smallest absolute Gasteiger partial charge is 0.408 e. The fourth-order valence-electron chi connectivity index (χ4n) is 14.2. The minimum absolute atomic E-state index is 0.0121. The van der Waals surface area contributed by atoms with Gasteiger partial charge in [0.05, 0.1) is 6.04 Å². The van der Waals surface area contributed by atoms with Crippen LogP contribution < -0.4 is 25.1 Å². The van der Waals surface area contributed by atoms with E-state index in [-0.39, 0.29) is 29.3 Å². The number of amides is 4. The maximum Gasteiger partial charge on any atom is 0.408 e. The zero-order valence-electron chi connectivity index (χ0n) is 54.5. The number of hydrogen-bond donors (Lipinski definition) is 2. The molecule has 1 aromatic heterocycles. The lowest BCUT2D eigenvalue weighted by Gasteiger charge is -2.46. The topological polar surface area (TPSA) is 181 Å². The van der Waals surface area contributed by atoms with Gasteiger partial charge in [-0.15, -0.1) is 47.0 Å². The molecule has 0 radical (unpaired) electrons. The van der Waals surface area contributed by atoms with Crippen molar-refractivity contribution in [3.8, 4) is 5.75 Å². The van der Waals surface area contributed by atoms with Crippen LogP contribution in [0.15, 0.2) is 211 Å². The summed E-state index contributed by atoms with van der Waals surface area (Å²) in [6, 6.07) is 52.3. The van der Waals surface area contributed by atoms with Crippen LogP contribution in [0.2, 0.25) is 0 Å². The van der Waals surface area contributed by atoms with Gasteiger partial charge in [0.2, 0.25) is 23.2 Å². The van der Waals surface area contributed by atoms with Gasteiger partial charge in [-0.05, 0) is 131 Å². The van der Waals surface area contributed by atoms with E-state index < -0.39 is 53.8 Å². The van der Waals surface area contributed by atoms with Crippen molar-refractivity contribution >= 4 is 115 Å². The van der Waals surface area contributed by atoms with Gasteiger partial charge in [0, 0.05) is 138 Å². The molecule has 514 valence electrons. The van der Waals surface area contributed by atoms with E-state index >= 15 is 0 Å². The number of anilines is 3. The number of aromatic hydroxyl groups is 1. The molecule has 3 atom stereocenters. The zero-order valence-corrected chi connectivity index (χ0v) is 59.4. The Morgan fingerprint density at radius 3 is 1.44 bits per heavy atom. The van der Waals surface area contributed by atoms with Gasteiger partial charge in [-0.1, -0.05) is 125 Å². The summed E-state index contributed by atoms with van der Waals surface area (Å²) < 4.78 is 44.2. The lowest BCUT2D eigenvalue weighted by Crippen LogP contribution is -2.60. The van der Waals surface area contributed by atoms with Gasteiger partial charge in [-0.25, -0.2) is 0 Å². The predicted molar refractivity (Wildman–Crippen MR) is 392 cm³/mol. The highest BCUT2D eigenvalue weighted by Crippen LogP contribution is 2.48. The van der Waals surface area contributed by atoms with E-state index in [4.69, 9.17) is 0 Å². The first kappa shape index (κ1) is 69.3. The second-order valence-electron chi connectivity index (χ2n) is 25.2. The molecule has 0 saturated carbocycles. The van der Waals surface area contributed by atoms with Crippen molar-refractivity contribution in [2.45, 2.75) is 112 Å². The second-order valence-corrected chi connectivity index (χ2v) is 30.1. The Labute approximate surface area is 606 Å². The van der Waals surface area contributed by atoms with Crippen molar-refractivity contribution in [3.63, 3.8) is 0 Å². The van der Waals surface area contributed by atoms with Crippen molar-refractivity contribution in [2.75, 3.05) is 46.0 Å². The van der Waals surface area contributed by atoms with Crippen LogP contribution in [0, 0.1) is 0 Å². The van der Waals surface area contributed by atoms with E-state index in [0.29, 0.717) is 36.5 Å². The number of fused-ring (bicyclic) bond motifs is 9. The van der Waals surface area contributed by atoms with Crippen LogP contribution in [-0.4, -0.2) is 93.5 Å². The van der Waals surface area contributed by atoms with Crippen LogP contribution >= 0.6 is 63.0 Å². The fourth-order valence-corrected chi connectivity index (χ4v) is 19.3. The Morgan fingerprint density at radius 2 is 0.891 bits per heavy atom. The molecule has 0 aliphatic carbocycles. The maximum atomic E-state index is 14.0. The highest BCUT2D eigenvalue weighted by Gasteiger charge is 2.48. The molecular weight excluding hydrogens is 1430 g/mol. The summed E-state index contributed by atoms with van der Waals surface area (Å²) in [5.41, 5.74) is 11.8. The van der Waals surface area contributed by atoms with E-state index in [1.165, 1.54) is 10.9 Å². The molecule has 3 saturated heterocycles. The quantitative estimate of drug-likeness (QED) is 0.166. The number of hydrogen-bond acceptors (Lipinski definition) is 14. The number of carbonyl (C=O) groups excluding carboxylic acids is 6. The molecule has 0 bridgehead atoms. The third-order valence-electron chi connectivity index (χ3n) is 19.3. The Bertz CT molecular complexity index is 4900. The van der Waals surface area contributed by atoms with Crippen LogP contribution in [0.1, 0.15) is 144 Å². The average Bonchev–Trinajstić information content (AvgIpc) is 1.53.